The Morgan fingerprint density at radius 2 is 2.06 bits per heavy atom. The second kappa shape index (κ2) is 7.34. The first kappa shape index (κ1) is 14.9. The lowest BCUT2D eigenvalue weighted by molar-refractivity contribution is 0.105. The molecule has 1 unspecified atom stereocenters. The maximum Gasteiger partial charge on any atom is 0.123 e. The van der Waals surface area contributed by atoms with Crippen LogP contribution in [0.1, 0.15) is 19.4 Å². The maximum absolute atomic E-state index is 12.9. The molecule has 0 aliphatic carbocycles. The molecule has 0 aromatic heterocycles. The summed E-state index contributed by atoms with van der Waals surface area (Å²) in [6.45, 7) is 7.57. The number of nitrogens with one attached hydrogen (secondary N) is 1. The van der Waals surface area contributed by atoms with Gasteiger partial charge in [-0.3, -0.25) is 0 Å². The zero-order chi connectivity index (χ0) is 13.5. The highest BCUT2D eigenvalue weighted by Crippen LogP contribution is 2.18. The van der Waals surface area contributed by atoms with Gasteiger partial charge in [-0.15, -0.1) is 0 Å². The minimum absolute atomic E-state index is 0.206. The molecule has 4 heteroatoms. The second-order valence-electron chi connectivity index (χ2n) is 4.93. The molecule has 1 atom stereocenters. The molecule has 0 aliphatic rings. The average molecular weight is 255 g/mol. The smallest absolute Gasteiger partial charge is 0.123 e. The van der Waals surface area contributed by atoms with Gasteiger partial charge in [-0.2, -0.15) is 0 Å². The van der Waals surface area contributed by atoms with E-state index in [0.717, 1.165) is 12.1 Å². The largest absolute Gasteiger partial charge is 0.491 e. The van der Waals surface area contributed by atoms with Crippen LogP contribution in [0.25, 0.3) is 0 Å². The Morgan fingerprint density at radius 1 is 1.33 bits per heavy atom. The lowest BCUT2D eigenvalue weighted by Crippen LogP contribution is -2.33. The molecule has 0 saturated heterocycles. The van der Waals surface area contributed by atoms with Crippen LogP contribution in [0.5, 0.6) is 5.75 Å². The zero-order valence-electron chi connectivity index (χ0n) is 11.2. The van der Waals surface area contributed by atoms with Crippen molar-refractivity contribution in [3.05, 3.63) is 29.6 Å². The van der Waals surface area contributed by atoms with Gasteiger partial charge in [0.1, 0.15) is 24.3 Å². The summed E-state index contributed by atoms with van der Waals surface area (Å²) in [5, 5.41) is 12.9. The molecule has 0 saturated carbocycles. The average Bonchev–Trinajstić information content (AvgIpc) is 2.27. The Bertz CT molecular complexity index is 369. The van der Waals surface area contributed by atoms with Crippen molar-refractivity contribution in [1.82, 2.24) is 5.32 Å². The van der Waals surface area contributed by atoms with Crippen LogP contribution in [0.15, 0.2) is 18.2 Å². The number of halogens is 1. The molecule has 18 heavy (non-hydrogen) atoms. The molecule has 1 aromatic carbocycles. The van der Waals surface area contributed by atoms with Gasteiger partial charge >= 0.3 is 0 Å². The summed E-state index contributed by atoms with van der Waals surface area (Å²) >= 11 is 0. The monoisotopic (exact) mass is 255 g/mol. The highest BCUT2D eigenvalue weighted by atomic mass is 19.1. The van der Waals surface area contributed by atoms with Crippen molar-refractivity contribution in [2.45, 2.75) is 26.9 Å². The van der Waals surface area contributed by atoms with Gasteiger partial charge in [-0.1, -0.05) is 13.8 Å². The molecule has 0 aliphatic heterocycles. The summed E-state index contributed by atoms with van der Waals surface area (Å²) in [6, 6.07) is 4.35. The van der Waals surface area contributed by atoms with Gasteiger partial charge in [-0.05, 0) is 43.1 Å². The van der Waals surface area contributed by atoms with Gasteiger partial charge in [0.05, 0.1) is 0 Å². The van der Waals surface area contributed by atoms with Crippen LogP contribution in [0.2, 0.25) is 0 Å². The van der Waals surface area contributed by atoms with Crippen LogP contribution in [0.3, 0.4) is 0 Å². The van der Waals surface area contributed by atoms with Crippen molar-refractivity contribution in [2.24, 2.45) is 5.92 Å². The van der Waals surface area contributed by atoms with E-state index in [0.29, 0.717) is 18.2 Å². The molecule has 2 N–H and O–H groups in total. The van der Waals surface area contributed by atoms with E-state index in [2.05, 4.69) is 19.2 Å². The summed E-state index contributed by atoms with van der Waals surface area (Å²) in [6.07, 6.45) is -0.562. The Balaban J connectivity index is 2.31. The predicted molar refractivity (Wildman–Crippen MR) is 70.3 cm³/mol. The lowest BCUT2D eigenvalue weighted by Gasteiger charge is -2.15. The van der Waals surface area contributed by atoms with E-state index in [1.807, 2.05) is 0 Å². The second-order valence-corrected chi connectivity index (χ2v) is 4.93. The Hall–Kier alpha value is -1.13. The Morgan fingerprint density at radius 3 is 2.67 bits per heavy atom. The molecule has 102 valence electrons. The summed E-state index contributed by atoms with van der Waals surface area (Å²) in [7, 11) is 0. The quantitative estimate of drug-likeness (QED) is 0.784. The van der Waals surface area contributed by atoms with Crippen molar-refractivity contribution in [3.63, 3.8) is 0 Å². The van der Waals surface area contributed by atoms with E-state index in [9.17, 15) is 9.50 Å². The molecule has 1 rings (SSSR count). The van der Waals surface area contributed by atoms with Crippen LogP contribution < -0.4 is 10.1 Å². The normalized spacial score (nSPS) is 12.8. The van der Waals surface area contributed by atoms with Crippen LogP contribution in [0, 0.1) is 18.7 Å². The van der Waals surface area contributed by atoms with E-state index in [1.54, 1.807) is 13.0 Å². The molecule has 0 spiro atoms. The summed E-state index contributed by atoms with van der Waals surface area (Å²) in [5.41, 5.74) is 0.734. The third-order valence-electron chi connectivity index (χ3n) is 2.50. The number of aliphatic hydroxyl groups excluding tert-OH is 1. The van der Waals surface area contributed by atoms with Crippen LogP contribution in [-0.4, -0.2) is 30.9 Å². The van der Waals surface area contributed by atoms with Gasteiger partial charge in [0.25, 0.3) is 0 Å². The number of ether oxygens (including phenoxy) is 1. The first-order valence-corrected chi connectivity index (χ1v) is 6.26. The molecule has 3 nitrogen and oxygen atoms in total. The fraction of sp³-hybridized carbons (Fsp3) is 0.571. The minimum Gasteiger partial charge on any atom is -0.491 e. The fourth-order valence-electron chi connectivity index (χ4n) is 1.56. The number of hydrogen-bond acceptors (Lipinski definition) is 3. The van der Waals surface area contributed by atoms with Gasteiger partial charge in [0, 0.05) is 6.54 Å². The molecular weight excluding hydrogens is 233 g/mol. The van der Waals surface area contributed by atoms with Crippen molar-refractivity contribution in [2.75, 3.05) is 19.7 Å². The maximum atomic E-state index is 12.9. The zero-order valence-corrected chi connectivity index (χ0v) is 11.2. The topological polar surface area (TPSA) is 41.5 Å². The SMILES string of the molecule is Cc1cc(F)ccc1OCC(O)CNCC(C)C. The predicted octanol–water partition coefficient (Wildman–Crippen LogP) is 2.12. The van der Waals surface area contributed by atoms with Crippen LogP contribution >= 0.6 is 0 Å². The van der Waals surface area contributed by atoms with Crippen molar-refractivity contribution in [3.8, 4) is 5.75 Å². The first-order chi connectivity index (χ1) is 8.49. The minimum atomic E-state index is -0.562. The third kappa shape index (κ3) is 5.47. The standard InChI is InChI=1S/C14H22FNO2/c1-10(2)7-16-8-13(17)9-18-14-5-4-12(15)6-11(14)3/h4-6,10,13,16-17H,7-9H2,1-3H3. The van der Waals surface area contributed by atoms with Crippen LogP contribution in [-0.2, 0) is 0 Å². The Kier molecular flexibility index (Phi) is 6.09. The van der Waals surface area contributed by atoms with Gasteiger partial charge in [-0.25, -0.2) is 4.39 Å². The van der Waals surface area contributed by atoms with Crippen molar-refractivity contribution in [1.29, 1.82) is 0 Å². The van der Waals surface area contributed by atoms with E-state index < -0.39 is 6.10 Å². The number of benzene rings is 1. The number of aryl methyl sites for hydroxylation is 1. The van der Waals surface area contributed by atoms with Crippen molar-refractivity contribution < 1.29 is 14.2 Å². The molecule has 0 radical (unpaired) electrons. The highest BCUT2D eigenvalue weighted by Gasteiger charge is 2.07. The molecule has 0 amide bonds. The molecule has 0 fully saturated rings. The number of rotatable bonds is 7. The van der Waals surface area contributed by atoms with E-state index in [-0.39, 0.29) is 12.4 Å². The van der Waals surface area contributed by atoms with E-state index >= 15 is 0 Å². The summed E-state index contributed by atoms with van der Waals surface area (Å²) in [5.74, 6) is 0.885. The van der Waals surface area contributed by atoms with E-state index in [1.165, 1.54) is 12.1 Å². The van der Waals surface area contributed by atoms with Crippen LogP contribution in [0.4, 0.5) is 4.39 Å². The first-order valence-electron chi connectivity index (χ1n) is 6.26. The van der Waals surface area contributed by atoms with E-state index in [4.69, 9.17) is 4.74 Å². The number of aliphatic hydroxyl groups is 1. The molecule has 0 heterocycles. The van der Waals surface area contributed by atoms with Gasteiger partial charge in [0.15, 0.2) is 0 Å². The number of hydrogen-bond donors (Lipinski definition) is 2. The molecule has 0 bridgehead atoms. The van der Waals surface area contributed by atoms with Crippen molar-refractivity contribution >= 4 is 0 Å². The highest BCUT2D eigenvalue weighted by molar-refractivity contribution is 5.32. The fourth-order valence-corrected chi connectivity index (χ4v) is 1.56. The van der Waals surface area contributed by atoms with Gasteiger partial charge < -0.3 is 15.2 Å². The molecule has 1 aromatic rings. The lowest BCUT2D eigenvalue weighted by atomic mass is 10.2. The molecular formula is C14H22FNO2. The van der Waals surface area contributed by atoms with Gasteiger partial charge in [0.2, 0.25) is 0 Å². The third-order valence-corrected chi connectivity index (χ3v) is 2.50. The summed E-state index contributed by atoms with van der Waals surface area (Å²) in [4.78, 5) is 0. The Labute approximate surface area is 108 Å². The summed E-state index contributed by atoms with van der Waals surface area (Å²) < 4.78 is 18.3.